The highest BCUT2D eigenvalue weighted by molar-refractivity contribution is 9.10. The van der Waals surface area contributed by atoms with Crippen LogP contribution in [0.4, 0.5) is 0 Å². The van der Waals surface area contributed by atoms with Crippen LogP contribution in [0.15, 0.2) is 40.2 Å². The Morgan fingerprint density at radius 3 is 2.42 bits per heavy atom. The second kappa shape index (κ2) is 6.33. The summed E-state index contributed by atoms with van der Waals surface area (Å²) in [7, 11) is 0. The highest BCUT2D eigenvalue weighted by Gasteiger charge is 2.12. The van der Waals surface area contributed by atoms with E-state index in [-0.39, 0.29) is 6.04 Å². The summed E-state index contributed by atoms with van der Waals surface area (Å²) in [5.41, 5.74) is 1.90. The number of halogens is 1. The fraction of sp³-hybridized carbons (Fsp3) is 0.267. The van der Waals surface area contributed by atoms with E-state index in [1.54, 1.807) is 11.3 Å². The lowest BCUT2D eigenvalue weighted by molar-refractivity contribution is 0.500. The molecule has 2 unspecified atom stereocenters. The van der Waals surface area contributed by atoms with E-state index in [0.717, 1.165) is 4.47 Å². The number of thiophene rings is 1. The number of benzene rings is 1. The van der Waals surface area contributed by atoms with E-state index in [1.165, 1.54) is 10.4 Å². The molecule has 2 nitrogen and oxygen atoms in total. The SMILES string of the molecule is CC(NC(C)c1cc(Br)cs1)c1ccc(C#N)cc1. The van der Waals surface area contributed by atoms with Gasteiger partial charge in [-0.2, -0.15) is 5.26 Å². The molecule has 1 aromatic carbocycles. The molecule has 1 heterocycles. The van der Waals surface area contributed by atoms with Gasteiger partial charge in [0.25, 0.3) is 0 Å². The van der Waals surface area contributed by atoms with Crippen LogP contribution >= 0.6 is 27.3 Å². The number of hydrogen-bond acceptors (Lipinski definition) is 3. The molecule has 98 valence electrons. The standard InChI is InChI=1S/C15H15BrN2S/c1-10(13-5-3-12(8-17)4-6-13)18-11(2)15-7-14(16)9-19-15/h3-7,9-11,18H,1-2H3. The summed E-state index contributed by atoms with van der Waals surface area (Å²) in [6.45, 7) is 4.30. The van der Waals surface area contributed by atoms with Crippen LogP contribution < -0.4 is 5.32 Å². The fourth-order valence-corrected chi connectivity index (χ4v) is 3.42. The first-order valence-corrected chi connectivity index (χ1v) is 7.77. The molecule has 2 atom stereocenters. The first-order chi connectivity index (χ1) is 9.10. The van der Waals surface area contributed by atoms with Crippen molar-refractivity contribution in [1.29, 1.82) is 5.26 Å². The van der Waals surface area contributed by atoms with E-state index >= 15 is 0 Å². The van der Waals surface area contributed by atoms with Crippen molar-refractivity contribution < 1.29 is 0 Å². The maximum Gasteiger partial charge on any atom is 0.0991 e. The van der Waals surface area contributed by atoms with E-state index in [1.807, 2.05) is 24.3 Å². The first kappa shape index (κ1) is 14.3. The quantitative estimate of drug-likeness (QED) is 0.872. The largest absolute Gasteiger partial charge is 0.303 e. The van der Waals surface area contributed by atoms with Gasteiger partial charge in [-0.1, -0.05) is 12.1 Å². The van der Waals surface area contributed by atoms with E-state index < -0.39 is 0 Å². The Bertz CT molecular complexity index is 583. The molecule has 2 rings (SSSR count). The van der Waals surface area contributed by atoms with Crippen LogP contribution in [0.1, 0.15) is 41.9 Å². The Hall–Kier alpha value is -1.15. The fourth-order valence-electron chi connectivity index (χ4n) is 1.96. The zero-order valence-corrected chi connectivity index (χ0v) is 13.3. The third kappa shape index (κ3) is 3.66. The minimum absolute atomic E-state index is 0.253. The van der Waals surface area contributed by atoms with Crippen LogP contribution in [0.5, 0.6) is 0 Å². The second-order valence-corrected chi connectivity index (χ2v) is 6.37. The zero-order valence-electron chi connectivity index (χ0n) is 10.9. The van der Waals surface area contributed by atoms with Crippen LogP contribution in [0.25, 0.3) is 0 Å². The molecule has 19 heavy (non-hydrogen) atoms. The maximum absolute atomic E-state index is 8.79. The molecule has 0 amide bonds. The molecule has 0 saturated heterocycles. The minimum atomic E-state index is 0.253. The topological polar surface area (TPSA) is 35.8 Å². The van der Waals surface area contributed by atoms with Gasteiger partial charge in [-0.3, -0.25) is 0 Å². The average Bonchev–Trinajstić information content (AvgIpc) is 2.85. The normalized spacial score (nSPS) is 13.8. The molecule has 0 spiro atoms. The van der Waals surface area contributed by atoms with Gasteiger partial charge in [0.05, 0.1) is 11.6 Å². The smallest absolute Gasteiger partial charge is 0.0991 e. The van der Waals surface area contributed by atoms with Crippen molar-refractivity contribution >= 4 is 27.3 Å². The van der Waals surface area contributed by atoms with Crippen LogP contribution in [0.3, 0.4) is 0 Å². The minimum Gasteiger partial charge on any atom is -0.303 e. The molecule has 0 aliphatic rings. The van der Waals surface area contributed by atoms with Crippen LogP contribution in [0.2, 0.25) is 0 Å². The summed E-state index contributed by atoms with van der Waals surface area (Å²) in [4.78, 5) is 1.31. The van der Waals surface area contributed by atoms with Gasteiger partial charge in [0.2, 0.25) is 0 Å². The van der Waals surface area contributed by atoms with Crippen molar-refractivity contribution in [3.05, 3.63) is 56.2 Å². The number of nitrogens with zero attached hydrogens (tertiary/aromatic N) is 1. The van der Waals surface area contributed by atoms with Crippen molar-refractivity contribution in [2.45, 2.75) is 25.9 Å². The predicted molar refractivity (Wildman–Crippen MR) is 83.1 cm³/mol. The van der Waals surface area contributed by atoms with Gasteiger partial charge in [-0.25, -0.2) is 0 Å². The molecule has 2 aromatic rings. The van der Waals surface area contributed by atoms with Gasteiger partial charge in [0, 0.05) is 26.8 Å². The third-order valence-electron chi connectivity index (χ3n) is 3.05. The van der Waals surface area contributed by atoms with Crippen LogP contribution in [-0.4, -0.2) is 0 Å². The molecule has 0 bridgehead atoms. The Morgan fingerprint density at radius 1 is 1.21 bits per heavy atom. The van der Waals surface area contributed by atoms with Crippen molar-refractivity contribution in [2.24, 2.45) is 0 Å². The van der Waals surface area contributed by atoms with E-state index in [2.05, 4.69) is 52.6 Å². The number of rotatable bonds is 4. The molecule has 0 radical (unpaired) electrons. The number of nitrogens with one attached hydrogen (secondary N) is 1. The second-order valence-electron chi connectivity index (χ2n) is 4.51. The zero-order chi connectivity index (χ0) is 13.8. The Morgan fingerprint density at radius 2 is 1.89 bits per heavy atom. The molecule has 0 aliphatic carbocycles. The van der Waals surface area contributed by atoms with Crippen molar-refractivity contribution in [2.75, 3.05) is 0 Å². The summed E-state index contributed by atoms with van der Waals surface area (Å²) in [5.74, 6) is 0. The molecular formula is C15H15BrN2S. The van der Waals surface area contributed by atoms with E-state index in [4.69, 9.17) is 5.26 Å². The predicted octanol–water partition coefficient (Wildman–Crippen LogP) is 4.79. The summed E-state index contributed by atoms with van der Waals surface area (Å²) in [5, 5.41) is 14.5. The molecular weight excluding hydrogens is 320 g/mol. The number of nitriles is 1. The molecule has 0 aliphatic heterocycles. The monoisotopic (exact) mass is 334 g/mol. The highest BCUT2D eigenvalue weighted by atomic mass is 79.9. The molecule has 1 N–H and O–H groups in total. The maximum atomic E-state index is 8.79. The van der Waals surface area contributed by atoms with E-state index in [9.17, 15) is 0 Å². The lowest BCUT2D eigenvalue weighted by atomic mass is 10.1. The average molecular weight is 335 g/mol. The van der Waals surface area contributed by atoms with Crippen molar-refractivity contribution in [3.63, 3.8) is 0 Å². The lowest BCUT2D eigenvalue weighted by Gasteiger charge is -2.19. The van der Waals surface area contributed by atoms with Gasteiger partial charge < -0.3 is 5.32 Å². The van der Waals surface area contributed by atoms with Gasteiger partial charge >= 0.3 is 0 Å². The molecule has 4 heteroatoms. The molecule has 1 aromatic heterocycles. The van der Waals surface area contributed by atoms with Crippen LogP contribution in [0, 0.1) is 11.3 Å². The Balaban J connectivity index is 2.04. The van der Waals surface area contributed by atoms with E-state index in [0.29, 0.717) is 11.6 Å². The van der Waals surface area contributed by atoms with Gasteiger partial charge in [0.15, 0.2) is 0 Å². The lowest BCUT2D eigenvalue weighted by Crippen LogP contribution is -2.21. The summed E-state index contributed by atoms with van der Waals surface area (Å²) >= 11 is 5.23. The van der Waals surface area contributed by atoms with Crippen LogP contribution in [-0.2, 0) is 0 Å². The van der Waals surface area contributed by atoms with Gasteiger partial charge in [-0.05, 0) is 53.5 Å². The first-order valence-electron chi connectivity index (χ1n) is 6.10. The molecule has 0 saturated carbocycles. The Labute approximate surface area is 126 Å². The van der Waals surface area contributed by atoms with Crippen molar-refractivity contribution in [1.82, 2.24) is 5.32 Å². The van der Waals surface area contributed by atoms with Gasteiger partial charge in [0.1, 0.15) is 0 Å². The highest BCUT2D eigenvalue weighted by Crippen LogP contribution is 2.27. The summed E-state index contributed by atoms with van der Waals surface area (Å²) < 4.78 is 1.13. The summed E-state index contributed by atoms with van der Waals surface area (Å²) in [6.07, 6.45) is 0. The third-order valence-corrected chi connectivity index (χ3v) is 4.93. The van der Waals surface area contributed by atoms with Crippen molar-refractivity contribution in [3.8, 4) is 6.07 Å². The number of hydrogen-bond donors (Lipinski definition) is 1. The van der Waals surface area contributed by atoms with Gasteiger partial charge in [-0.15, -0.1) is 11.3 Å². The Kier molecular flexibility index (Phi) is 4.76. The molecule has 0 fully saturated rings. The summed E-state index contributed by atoms with van der Waals surface area (Å²) in [6, 6.07) is 12.6.